The Morgan fingerprint density at radius 3 is 2.69 bits per heavy atom. The standard InChI is InChI=1S/C20H19N5S/c1-2-11-25-19(13-16-8-4-3-5-9-16)22-23-20(25)26-15-17-14-24-12-7-6-10-18(24)21-17/h2-10,12,14H,1,11,13,15H2. The van der Waals surface area contributed by atoms with Gasteiger partial charge in [0.1, 0.15) is 11.5 Å². The third-order valence-corrected chi connectivity index (χ3v) is 5.07. The Hall–Kier alpha value is -2.86. The molecule has 0 aliphatic heterocycles. The van der Waals surface area contributed by atoms with Gasteiger partial charge in [-0.1, -0.05) is 54.2 Å². The molecular weight excluding hydrogens is 342 g/mol. The summed E-state index contributed by atoms with van der Waals surface area (Å²) in [6, 6.07) is 16.3. The molecule has 0 amide bonds. The van der Waals surface area contributed by atoms with Crippen molar-refractivity contribution in [2.24, 2.45) is 0 Å². The number of rotatable bonds is 7. The molecule has 0 spiro atoms. The van der Waals surface area contributed by atoms with Crippen LogP contribution >= 0.6 is 11.8 Å². The average molecular weight is 361 g/mol. The van der Waals surface area contributed by atoms with E-state index in [1.807, 2.05) is 53.1 Å². The highest BCUT2D eigenvalue weighted by Gasteiger charge is 2.13. The second-order valence-electron chi connectivity index (χ2n) is 5.95. The fourth-order valence-corrected chi connectivity index (χ4v) is 3.69. The third-order valence-electron chi connectivity index (χ3n) is 4.07. The summed E-state index contributed by atoms with van der Waals surface area (Å²) < 4.78 is 4.16. The molecule has 0 atom stereocenters. The zero-order valence-corrected chi connectivity index (χ0v) is 15.1. The molecule has 0 bridgehead atoms. The molecule has 0 aliphatic rings. The number of benzene rings is 1. The first-order valence-corrected chi connectivity index (χ1v) is 9.44. The molecule has 130 valence electrons. The number of imidazole rings is 1. The fraction of sp³-hybridized carbons (Fsp3) is 0.150. The summed E-state index contributed by atoms with van der Waals surface area (Å²) in [6.45, 7) is 4.57. The van der Waals surface area contributed by atoms with Crippen molar-refractivity contribution < 1.29 is 0 Å². The minimum Gasteiger partial charge on any atom is -0.307 e. The van der Waals surface area contributed by atoms with Gasteiger partial charge in [0, 0.05) is 31.1 Å². The zero-order valence-electron chi connectivity index (χ0n) is 14.3. The highest BCUT2D eigenvalue weighted by atomic mass is 32.2. The van der Waals surface area contributed by atoms with Gasteiger partial charge in [-0.05, 0) is 17.7 Å². The molecule has 0 N–H and O–H groups in total. The molecule has 0 radical (unpaired) electrons. The van der Waals surface area contributed by atoms with Crippen LogP contribution in [-0.4, -0.2) is 24.1 Å². The van der Waals surface area contributed by atoms with Crippen LogP contribution in [0.1, 0.15) is 17.1 Å². The molecule has 3 heterocycles. The average Bonchev–Trinajstić information content (AvgIpc) is 3.25. The highest BCUT2D eigenvalue weighted by molar-refractivity contribution is 7.98. The van der Waals surface area contributed by atoms with Crippen LogP contribution in [0.3, 0.4) is 0 Å². The number of thioether (sulfide) groups is 1. The van der Waals surface area contributed by atoms with Gasteiger partial charge in [0.25, 0.3) is 0 Å². The van der Waals surface area contributed by atoms with Crippen molar-refractivity contribution in [3.63, 3.8) is 0 Å². The molecule has 1 aromatic carbocycles. The van der Waals surface area contributed by atoms with Crippen LogP contribution in [0, 0.1) is 0 Å². The maximum absolute atomic E-state index is 4.64. The molecule has 0 fully saturated rings. The Kier molecular flexibility index (Phi) is 4.84. The van der Waals surface area contributed by atoms with E-state index in [-0.39, 0.29) is 0 Å². The molecule has 3 aromatic heterocycles. The number of hydrogen-bond acceptors (Lipinski definition) is 4. The fourth-order valence-electron chi connectivity index (χ4n) is 2.84. The normalized spacial score (nSPS) is 11.1. The predicted molar refractivity (Wildman–Crippen MR) is 104 cm³/mol. The van der Waals surface area contributed by atoms with E-state index in [0.717, 1.165) is 34.5 Å². The number of allylic oxidation sites excluding steroid dienone is 1. The predicted octanol–water partition coefficient (Wildman–Crippen LogP) is 3.99. The number of pyridine rings is 1. The molecule has 0 aliphatic carbocycles. The Balaban J connectivity index is 1.53. The van der Waals surface area contributed by atoms with Gasteiger partial charge in [-0.15, -0.1) is 16.8 Å². The Morgan fingerprint density at radius 1 is 1.04 bits per heavy atom. The van der Waals surface area contributed by atoms with Gasteiger partial charge in [0.2, 0.25) is 0 Å². The molecule has 4 aromatic rings. The minimum atomic E-state index is 0.697. The molecule has 0 unspecified atom stereocenters. The van der Waals surface area contributed by atoms with Gasteiger partial charge in [0.15, 0.2) is 5.16 Å². The summed E-state index contributed by atoms with van der Waals surface area (Å²) in [4.78, 5) is 4.64. The van der Waals surface area contributed by atoms with Gasteiger partial charge < -0.3 is 8.97 Å². The van der Waals surface area contributed by atoms with E-state index in [2.05, 4.69) is 44.7 Å². The summed E-state index contributed by atoms with van der Waals surface area (Å²) in [5.41, 5.74) is 3.21. The van der Waals surface area contributed by atoms with Crippen LogP contribution in [0.4, 0.5) is 0 Å². The molecule has 5 nitrogen and oxygen atoms in total. The molecule has 26 heavy (non-hydrogen) atoms. The van der Waals surface area contributed by atoms with E-state index in [1.54, 1.807) is 11.8 Å². The van der Waals surface area contributed by atoms with Crippen LogP contribution < -0.4 is 0 Å². The maximum Gasteiger partial charge on any atom is 0.191 e. The van der Waals surface area contributed by atoms with Gasteiger partial charge in [-0.3, -0.25) is 0 Å². The van der Waals surface area contributed by atoms with E-state index in [4.69, 9.17) is 0 Å². The monoisotopic (exact) mass is 361 g/mol. The molecular formula is C20H19N5S. The first-order chi connectivity index (χ1) is 12.8. The van der Waals surface area contributed by atoms with Crippen LogP contribution in [0.5, 0.6) is 0 Å². The van der Waals surface area contributed by atoms with E-state index in [0.29, 0.717) is 6.54 Å². The number of hydrogen-bond donors (Lipinski definition) is 0. The summed E-state index contributed by atoms with van der Waals surface area (Å²) in [7, 11) is 0. The first-order valence-electron chi connectivity index (χ1n) is 8.46. The van der Waals surface area contributed by atoms with E-state index in [9.17, 15) is 0 Å². The van der Waals surface area contributed by atoms with Crippen LogP contribution in [0.25, 0.3) is 5.65 Å². The van der Waals surface area contributed by atoms with E-state index >= 15 is 0 Å². The van der Waals surface area contributed by atoms with Crippen molar-refractivity contribution in [3.8, 4) is 0 Å². The van der Waals surface area contributed by atoms with Gasteiger partial charge in [0.05, 0.1) is 5.69 Å². The van der Waals surface area contributed by atoms with E-state index in [1.165, 1.54) is 5.56 Å². The topological polar surface area (TPSA) is 48.0 Å². The van der Waals surface area contributed by atoms with Gasteiger partial charge in [-0.2, -0.15) is 0 Å². The summed E-state index contributed by atoms with van der Waals surface area (Å²) >= 11 is 1.65. The van der Waals surface area contributed by atoms with Crippen molar-refractivity contribution in [2.45, 2.75) is 23.9 Å². The summed E-state index contributed by atoms with van der Waals surface area (Å²) in [6.07, 6.45) is 6.71. The highest BCUT2D eigenvalue weighted by Crippen LogP contribution is 2.23. The largest absolute Gasteiger partial charge is 0.307 e. The SMILES string of the molecule is C=CCn1c(Cc2ccccc2)nnc1SCc1cn2ccccc2n1. The van der Waals surface area contributed by atoms with Crippen LogP contribution in [0.15, 0.2) is 78.7 Å². The minimum absolute atomic E-state index is 0.697. The Morgan fingerprint density at radius 2 is 1.88 bits per heavy atom. The molecule has 6 heteroatoms. The van der Waals surface area contributed by atoms with Crippen molar-refractivity contribution in [2.75, 3.05) is 0 Å². The summed E-state index contributed by atoms with van der Waals surface area (Å²) in [5.74, 6) is 1.70. The second kappa shape index (κ2) is 7.58. The maximum atomic E-state index is 4.64. The lowest BCUT2D eigenvalue weighted by Gasteiger charge is -2.07. The first kappa shape index (κ1) is 16.6. The summed E-state index contributed by atoms with van der Waals surface area (Å²) in [5, 5.41) is 9.69. The van der Waals surface area contributed by atoms with E-state index < -0.39 is 0 Å². The quantitative estimate of drug-likeness (QED) is 0.369. The second-order valence-corrected chi connectivity index (χ2v) is 6.89. The molecule has 0 saturated carbocycles. The van der Waals surface area contributed by atoms with Gasteiger partial charge in [-0.25, -0.2) is 4.98 Å². The number of nitrogens with zero attached hydrogens (tertiary/aromatic N) is 5. The number of fused-ring (bicyclic) bond motifs is 1. The zero-order chi connectivity index (χ0) is 17.8. The molecule has 4 rings (SSSR count). The van der Waals surface area contributed by atoms with Gasteiger partial charge >= 0.3 is 0 Å². The van der Waals surface area contributed by atoms with Crippen molar-refractivity contribution >= 4 is 17.4 Å². The Bertz CT molecular complexity index is 986. The third kappa shape index (κ3) is 3.55. The van der Waals surface area contributed by atoms with Crippen LogP contribution in [0.2, 0.25) is 0 Å². The van der Waals surface area contributed by atoms with Crippen molar-refractivity contribution in [1.82, 2.24) is 24.1 Å². The smallest absolute Gasteiger partial charge is 0.191 e. The Labute approximate surface area is 156 Å². The lowest BCUT2D eigenvalue weighted by Crippen LogP contribution is -2.04. The van der Waals surface area contributed by atoms with Crippen molar-refractivity contribution in [1.29, 1.82) is 0 Å². The van der Waals surface area contributed by atoms with Crippen molar-refractivity contribution in [3.05, 3.63) is 90.7 Å². The molecule has 0 saturated heterocycles. The lowest BCUT2D eigenvalue weighted by atomic mass is 10.1. The lowest BCUT2D eigenvalue weighted by molar-refractivity contribution is 0.690. The number of aromatic nitrogens is 5. The van der Waals surface area contributed by atoms with Crippen LogP contribution in [-0.2, 0) is 18.7 Å².